The molecule has 1 saturated heterocycles. The van der Waals surface area contributed by atoms with E-state index in [9.17, 15) is 9.59 Å². The molecular formula is C16H15N3O2S. The molecular weight excluding hydrogens is 298 g/mol. The molecule has 0 unspecified atom stereocenters. The van der Waals surface area contributed by atoms with Crippen LogP contribution in [0.2, 0.25) is 0 Å². The lowest BCUT2D eigenvalue weighted by atomic mass is 10.1. The highest BCUT2D eigenvalue weighted by molar-refractivity contribution is 7.80. The van der Waals surface area contributed by atoms with Gasteiger partial charge in [0.05, 0.1) is 0 Å². The predicted octanol–water partition coefficient (Wildman–Crippen LogP) is 1.74. The molecule has 1 aliphatic rings. The number of hydrogen-bond donors (Lipinski definition) is 1. The SMILES string of the molecule is Cc1c(C=C2C(=O)NC(=S)N(C)C2=O)c2ccccc2n1C. The Balaban J connectivity index is 2.20. The summed E-state index contributed by atoms with van der Waals surface area (Å²) in [6, 6.07) is 7.89. The van der Waals surface area contributed by atoms with E-state index in [-0.39, 0.29) is 16.6 Å². The molecule has 2 aromatic rings. The van der Waals surface area contributed by atoms with Gasteiger partial charge in [-0.15, -0.1) is 0 Å². The number of benzene rings is 1. The lowest BCUT2D eigenvalue weighted by Crippen LogP contribution is -2.52. The molecule has 22 heavy (non-hydrogen) atoms. The van der Waals surface area contributed by atoms with Crippen molar-refractivity contribution in [3.63, 3.8) is 0 Å². The molecule has 112 valence electrons. The summed E-state index contributed by atoms with van der Waals surface area (Å²) in [4.78, 5) is 25.7. The Morgan fingerprint density at radius 2 is 1.86 bits per heavy atom. The van der Waals surface area contributed by atoms with Crippen LogP contribution >= 0.6 is 12.2 Å². The van der Waals surface area contributed by atoms with Crippen molar-refractivity contribution < 1.29 is 9.59 Å². The molecule has 1 aromatic carbocycles. The molecule has 2 heterocycles. The van der Waals surface area contributed by atoms with Crippen molar-refractivity contribution in [2.24, 2.45) is 7.05 Å². The second-order valence-corrected chi connectivity index (χ2v) is 5.64. The van der Waals surface area contributed by atoms with Gasteiger partial charge in [-0.25, -0.2) is 0 Å². The van der Waals surface area contributed by atoms with E-state index in [1.165, 1.54) is 4.90 Å². The number of aryl methyl sites for hydroxylation is 1. The summed E-state index contributed by atoms with van der Waals surface area (Å²) in [7, 11) is 3.51. The molecule has 0 spiro atoms. The predicted molar refractivity (Wildman–Crippen MR) is 89.1 cm³/mol. The Bertz CT molecular complexity index is 864. The Morgan fingerprint density at radius 3 is 2.59 bits per heavy atom. The summed E-state index contributed by atoms with van der Waals surface area (Å²) in [5.41, 5.74) is 3.01. The Morgan fingerprint density at radius 1 is 1.18 bits per heavy atom. The maximum atomic E-state index is 12.3. The number of carbonyl (C=O) groups excluding carboxylic acids is 2. The van der Waals surface area contributed by atoms with Crippen molar-refractivity contribution in [1.82, 2.24) is 14.8 Å². The number of thiocarbonyl (C=S) groups is 1. The molecule has 1 N–H and O–H groups in total. The lowest BCUT2D eigenvalue weighted by molar-refractivity contribution is -0.128. The van der Waals surface area contributed by atoms with E-state index >= 15 is 0 Å². The molecule has 0 radical (unpaired) electrons. The maximum Gasteiger partial charge on any atom is 0.265 e. The number of nitrogens with zero attached hydrogens (tertiary/aromatic N) is 2. The van der Waals surface area contributed by atoms with E-state index in [4.69, 9.17) is 12.2 Å². The zero-order valence-corrected chi connectivity index (χ0v) is 13.3. The molecule has 0 bridgehead atoms. The first-order valence-corrected chi connectivity index (χ1v) is 7.21. The van der Waals surface area contributed by atoms with Crippen molar-refractivity contribution in [3.8, 4) is 0 Å². The average Bonchev–Trinajstić information content (AvgIpc) is 2.74. The minimum Gasteiger partial charge on any atom is -0.347 e. The van der Waals surface area contributed by atoms with Crippen molar-refractivity contribution in [2.45, 2.75) is 6.92 Å². The normalized spacial score (nSPS) is 17.5. The van der Waals surface area contributed by atoms with Crippen LogP contribution in [-0.2, 0) is 16.6 Å². The fourth-order valence-electron chi connectivity index (χ4n) is 2.62. The number of rotatable bonds is 1. The summed E-state index contributed by atoms with van der Waals surface area (Å²) in [6.45, 7) is 1.96. The van der Waals surface area contributed by atoms with Crippen LogP contribution < -0.4 is 5.32 Å². The van der Waals surface area contributed by atoms with Gasteiger partial charge in [-0.1, -0.05) is 18.2 Å². The van der Waals surface area contributed by atoms with Gasteiger partial charge < -0.3 is 4.57 Å². The number of fused-ring (bicyclic) bond motifs is 1. The third-order valence-electron chi connectivity index (χ3n) is 4.04. The lowest BCUT2D eigenvalue weighted by Gasteiger charge is -2.25. The topological polar surface area (TPSA) is 54.3 Å². The standard InChI is InChI=1S/C16H15N3O2S/c1-9-11(10-6-4-5-7-13(10)18(9)2)8-12-14(20)17-16(22)19(3)15(12)21/h4-8H,1-3H3,(H,17,20,22). The minimum atomic E-state index is -0.458. The highest BCUT2D eigenvalue weighted by atomic mass is 32.1. The second-order valence-electron chi connectivity index (χ2n) is 5.26. The van der Waals surface area contributed by atoms with E-state index in [0.29, 0.717) is 0 Å². The van der Waals surface area contributed by atoms with Crippen LogP contribution in [0.3, 0.4) is 0 Å². The van der Waals surface area contributed by atoms with Crippen LogP contribution in [0.1, 0.15) is 11.3 Å². The Kier molecular flexibility index (Phi) is 3.33. The van der Waals surface area contributed by atoms with Crippen molar-refractivity contribution in [2.75, 3.05) is 7.05 Å². The van der Waals surface area contributed by atoms with E-state index in [1.807, 2.05) is 42.8 Å². The van der Waals surface area contributed by atoms with Gasteiger partial charge >= 0.3 is 0 Å². The van der Waals surface area contributed by atoms with Gasteiger partial charge in [-0.3, -0.25) is 19.8 Å². The Labute approximate surface area is 133 Å². The molecule has 2 amide bonds. The molecule has 1 aliphatic heterocycles. The van der Waals surface area contributed by atoms with Gasteiger partial charge in [0.25, 0.3) is 11.8 Å². The van der Waals surface area contributed by atoms with Gasteiger partial charge in [0.15, 0.2) is 5.11 Å². The molecule has 1 fully saturated rings. The fraction of sp³-hybridized carbons (Fsp3) is 0.188. The number of aromatic nitrogens is 1. The Hall–Kier alpha value is -2.47. The number of hydrogen-bond acceptors (Lipinski definition) is 3. The average molecular weight is 313 g/mol. The first-order chi connectivity index (χ1) is 10.4. The summed E-state index contributed by atoms with van der Waals surface area (Å²) in [5.74, 6) is -0.846. The summed E-state index contributed by atoms with van der Waals surface area (Å²) < 4.78 is 2.04. The smallest absolute Gasteiger partial charge is 0.265 e. The second kappa shape index (κ2) is 5.06. The van der Waals surface area contributed by atoms with Crippen LogP contribution in [0.4, 0.5) is 0 Å². The number of amides is 2. The summed E-state index contributed by atoms with van der Waals surface area (Å²) in [6.07, 6.45) is 1.65. The van der Waals surface area contributed by atoms with Crippen LogP contribution in [0.15, 0.2) is 29.8 Å². The molecule has 5 nitrogen and oxygen atoms in total. The largest absolute Gasteiger partial charge is 0.347 e. The van der Waals surface area contributed by atoms with E-state index in [1.54, 1.807) is 13.1 Å². The molecule has 6 heteroatoms. The summed E-state index contributed by atoms with van der Waals surface area (Å²) >= 11 is 4.95. The first kappa shape index (κ1) is 14.5. The number of carbonyl (C=O) groups is 2. The molecule has 0 saturated carbocycles. The highest BCUT2D eigenvalue weighted by Crippen LogP contribution is 2.27. The van der Waals surface area contributed by atoms with Crippen molar-refractivity contribution in [1.29, 1.82) is 0 Å². The number of para-hydroxylation sites is 1. The van der Waals surface area contributed by atoms with Crippen LogP contribution in [-0.4, -0.2) is 33.4 Å². The quantitative estimate of drug-likeness (QED) is 0.496. The maximum absolute atomic E-state index is 12.3. The van der Waals surface area contributed by atoms with E-state index < -0.39 is 5.91 Å². The van der Waals surface area contributed by atoms with E-state index in [0.717, 1.165) is 22.2 Å². The molecule has 0 aliphatic carbocycles. The van der Waals surface area contributed by atoms with Crippen LogP contribution in [0.25, 0.3) is 17.0 Å². The van der Waals surface area contributed by atoms with Gasteiger partial charge in [0, 0.05) is 36.3 Å². The highest BCUT2D eigenvalue weighted by Gasteiger charge is 2.31. The van der Waals surface area contributed by atoms with Gasteiger partial charge in [-0.2, -0.15) is 0 Å². The van der Waals surface area contributed by atoms with Crippen molar-refractivity contribution >= 4 is 46.1 Å². The van der Waals surface area contributed by atoms with Crippen molar-refractivity contribution in [3.05, 3.63) is 41.1 Å². The van der Waals surface area contributed by atoms with Gasteiger partial charge in [-0.05, 0) is 31.3 Å². The monoisotopic (exact) mass is 313 g/mol. The number of nitrogens with one attached hydrogen (secondary N) is 1. The third-order valence-corrected chi connectivity index (χ3v) is 4.42. The molecule has 1 aromatic heterocycles. The zero-order chi connectivity index (χ0) is 16.0. The first-order valence-electron chi connectivity index (χ1n) is 6.81. The van der Waals surface area contributed by atoms with E-state index in [2.05, 4.69) is 5.32 Å². The van der Waals surface area contributed by atoms with Crippen LogP contribution in [0, 0.1) is 6.92 Å². The third kappa shape index (κ3) is 2.03. The van der Waals surface area contributed by atoms with Gasteiger partial charge in [0.1, 0.15) is 5.57 Å². The molecule has 0 atom stereocenters. The molecule has 3 rings (SSSR count). The summed E-state index contributed by atoms with van der Waals surface area (Å²) in [5, 5.41) is 3.66. The van der Waals surface area contributed by atoms with Gasteiger partial charge in [0.2, 0.25) is 0 Å². The fourth-order valence-corrected chi connectivity index (χ4v) is 2.80. The minimum absolute atomic E-state index is 0.0931. The zero-order valence-electron chi connectivity index (χ0n) is 12.5. The van der Waals surface area contributed by atoms with Crippen LogP contribution in [0.5, 0.6) is 0 Å². The number of likely N-dealkylation sites (N-methyl/N-ethyl adjacent to an activating group) is 1.